The molecule has 1 heterocycles. The highest BCUT2D eigenvalue weighted by molar-refractivity contribution is 5.98. The van der Waals surface area contributed by atoms with E-state index in [-0.39, 0.29) is 5.91 Å². The van der Waals surface area contributed by atoms with Crippen molar-refractivity contribution in [2.45, 2.75) is 19.4 Å². The molecule has 2 aromatic carbocycles. The summed E-state index contributed by atoms with van der Waals surface area (Å²) in [6, 6.07) is 8.90. The number of fused-ring (bicyclic) bond motifs is 1. The summed E-state index contributed by atoms with van der Waals surface area (Å²) in [5.41, 5.74) is 0.584. The van der Waals surface area contributed by atoms with Gasteiger partial charge in [0.05, 0.1) is 32.4 Å². The Morgan fingerprint density at radius 3 is 2.14 bits per heavy atom. The van der Waals surface area contributed by atoms with Crippen molar-refractivity contribution in [1.82, 2.24) is 5.32 Å². The third-order valence-corrected chi connectivity index (χ3v) is 4.64. The first kappa shape index (κ1) is 19.7. The van der Waals surface area contributed by atoms with E-state index in [1.807, 2.05) is 32.0 Å². The maximum atomic E-state index is 13.0. The maximum absolute atomic E-state index is 13.0. The summed E-state index contributed by atoms with van der Waals surface area (Å²) in [5.74, 6) is 2.42. The van der Waals surface area contributed by atoms with Crippen LogP contribution in [0.2, 0.25) is 0 Å². The van der Waals surface area contributed by atoms with E-state index in [1.165, 1.54) is 21.3 Å². The summed E-state index contributed by atoms with van der Waals surface area (Å²) in [7, 11) is 4.55. The van der Waals surface area contributed by atoms with Crippen LogP contribution in [0.1, 0.15) is 29.8 Å². The topological polar surface area (TPSA) is 75.3 Å². The molecule has 150 valence electrons. The van der Waals surface area contributed by atoms with Crippen molar-refractivity contribution in [2.24, 2.45) is 0 Å². The van der Waals surface area contributed by atoms with Crippen LogP contribution in [0.3, 0.4) is 0 Å². The van der Waals surface area contributed by atoms with E-state index in [9.17, 15) is 4.79 Å². The number of carbonyl (C=O) groups is 1. The molecule has 0 saturated heterocycles. The lowest BCUT2D eigenvalue weighted by molar-refractivity contribution is 0.0908. The summed E-state index contributed by atoms with van der Waals surface area (Å²) in [5, 5.41) is 3.05. The zero-order valence-corrected chi connectivity index (χ0v) is 16.8. The van der Waals surface area contributed by atoms with Gasteiger partial charge >= 0.3 is 0 Å². The van der Waals surface area contributed by atoms with Crippen molar-refractivity contribution < 1.29 is 28.5 Å². The van der Waals surface area contributed by atoms with E-state index in [2.05, 4.69) is 5.32 Å². The molecular formula is C21H25NO6. The third kappa shape index (κ3) is 3.78. The molecule has 0 atom stereocenters. The smallest absolute Gasteiger partial charge is 0.255 e. The van der Waals surface area contributed by atoms with Crippen LogP contribution in [-0.4, -0.2) is 40.5 Å². The largest absolute Gasteiger partial charge is 0.496 e. The van der Waals surface area contributed by atoms with Crippen LogP contribution in [0, 0.1) is 0 Å². The molecule has 0 bridgehead atoms. The molecule has 3 rings (SSSR count). The highest BCUT2D eigenvalue weighted by Gasteiger charge is 2.28. The number of methoxy groups -OCH3 is 3. The molecule has 0 aliphatic carbocycles. The fourth-order valence-electron chi connectivity index (χ4n) is 3.06. The molecule has 0 saturated carbocycles. The van der Waals surface area contributed by atoms with Crippen molar-refractivity contribution >= 4 is 5.91 Å². The lowest BCUT2D eigenvalue weighted by Crippen LogP contribution is -2.41. The minimum atomic E-state index is -0.662. The molecule has 0 unspecified atom stereocenters. The van der Waals surface area contributed by atoms with Gasteiger partial charge in [-0.25, -0.2) is 0 Å². The first-order valence-electron chi connectivity index (χ1n) is 8.92. The van der Waals surface area contributed by atoms with Crippen LogP contribution in [-0.2, 0) is 5.54 Å². The van der Waals surface area contributed by atoms with Gasteiger partial charge in [0.15, 0.2) is 23.0 Å². The number of amides is 1. The normalized spacial score (nSPS) is 12.9. The first-order valence-corrected chi connectivity index (χ1v) is 8.92. The van der Waals surface area contributed by atoms with Crippen LogP contribution in [0.5, 0.6) is 28.7 Å². The van der Waals surface area contributed by atoms with Gasteiger partial charge in [0, 0.05) is 12.1 Å². The molecule has 7 heteroatoms. The third-order valence-electron chi connectivity index (χ3n) is 4.64. The Labute approximate surface area is 164 Å². The van der Waals surface area contributed by atoms with Crippen LogP contribution < -0.4 is 29.0 Å². The number of hydrogen-bond donors (Lipinski definition) is 1. The van der Waals surface area contributed by atoms with E-state index in [0.717, 1.165) is 5.56 Å². The highest BCUT2D eigenvalue weighted by Crippen LogP contribution is 2.36. The van der Waals surface area contributed by atoms with Gasteiger partial charge in [-0.2, -0.15) is 0 Å². The van der Waals surface area contributed by atoms with E-state index >= 15 is 0 Å². The summed E-state index contributed by atoms with van der Waals surface area (Å²) < 4.78 is 27.2. The molecule has 1 N–H and O–H groups in total. The minimum absolute atomic E-state index is 0.294. The lowest BCUT2D eigenvalue weighted by Gasteiger charge is -2.29. The van der Waals surface area contributed by atoms with Crippen molar-refractivity contribution in [3.05, 3.63) is 41.5 Å². The van der Waals surface area contributed by atoms with Crippen molar-refractivity contribution in [1.29, 1.82) is 0 Å². The summed E-state index contributed by atoms with van der Waals surface area (Å²) in [4.78, 5) is 13.0. The van der Waals surface area contributed by atoms with E-state index < -0.39 is 5.54 Å². The fraction of sp³-hybridized carbons (Fsp3) is 0.381. The Morgan fingerprint density at radius 2 is 1.50 bits per heavy atom. The highest BCUT2D eigenvalue weighted by atomic mass is 16.6. The van der Waals surface area contributed by atoms with Gasteiger partial charge in [-0.15, -0.1) is 0 Å². The van der Waals surface area contributed by atoms with Crippen LogP contribution in [0.4, 0.5) is 0 Å². The molecule has 0 spiro atoms. The second-order valence-corrected chi connectivity index (χ2v) is 6.85. The molecule has 1 aliphatic rings. The van der Waals surface area contributed by atoms with Crippen molar-refractivity contribution in [3.63, 3.8) is 0 Å². The predicted octanol–water partition coefficient (Wildman–Crippen LogP) is 3.15. The molecule has 0 fully saturated rings. The quantitative estimate of drug-likeness (QED) is 0.821. The summed E-state index contributed by atoms with van der Waals surface area (Å²) >= 11 is 0. The fourth-order valence-corrected chi connectivity index (χ4v) is 3.06. The van der Waals surface area contributed by atoms with Crippen molar-refractivity contribution in [2.75, 3.05) is 34.5 Å². The molecule has 0 radical (unpaired) electrons. The Morgan fingerprint density at radius 1 is 0.893 bits per heavy atom. The minimum Gasteiger partial charge on any atom is -0.496 e. The Kier molecular flexibility index (Phi) is 5.53. The summed E-state index contributed by atoms with van der Waals surface area (Å²) in [6.07, 6.45) is 0. The zero-order chi connectivity index (χ0) is 20.3. The second-order valence-electron chi connectivity index (χ2n) is 6.85. The zero-order valence-electron chi connectivity index (χ0n) is 16.8. The number of benzene rings is 2. The Bertz CT molecular complexity index is 877. The molecule has 2 aromatic rings. The van der Waals surface area contributed by atoms with Crippen molar-refractivity contribution in [3.8, 4) is 28.7 Å². The second kappa shape index (κ2) is 7.88. The number of rotatable bonds is 6. The van der Waals surface area contributed by atoms with Gasteiger partial charge in [0.25, 0.3) is 5.91 Å². The number of carbonyl (C=O) groups excluding carboxylic acids is 1. The first-order chi connectivity index (χ1) is 13.4. The molecule has 1 amide bonds. The van der Waals surface area contributed by atoms with Gasteiger partial charge in [0.1, 0.15) is 19.0 Å². The molecule has 7 nitrogen and oxygen atoms in total. The average molecular weight is 387 g/mol. The Balaban J connectivity index is 1.89. The average Bonchev–Trinajstić information content (AvgIpc) is 2.71. The monoisotopic (exact) mass is 387 g/mol. The van der Waals surface area contributed by atoms with Gasteiger partial charge in [-0.1, -0.05) is 6.07 Å². The van der Waals surface area contributed by atoms with Gasteiger partial charge < -0.3 is 29.0 Å². The SMILES string of the molecule is COc1cc(OC)c(C(=O)NC(C)(C)c2ccc3c(c2)OCCO3)cc1OC. The molecular weight excluding hydrogens is 362 g/mol. The lowest BCUT2D eigenvalue weighted by atomic mass is 9.93. The van der Waals surface area contributed by atoms with Crippen LogP contribution >= 0.6 is 0 Å². The maximum Gasteiger partial charge on any atom is 0.255 e. The Hall–Kier alpha value is -3.09. The van der Waals surface area contributed by atoms with E-state index in [1.54, 1.807) is 12.1 Å². The van der Waals surface area contributed by atoms with E-state index in [4.69, 9.17) is 23.7 Å². The standard InChI is InChI=1S/C21H25NO6/c1-21(2,13-6-7-15-19(10-13)28-9-8-27-15)22-20(23)14-11-17(25-4)18(26-5)12-16(14)24-3/h6-7,10-12H,8-9H2,1-5H3,(H,22,23). The number of ether oxygens (including phenoxy) is 5. The number of nitrogens with one attached hydrogen (secondary N) is 1. The molecule has 1 aliphatic heterocycles. The predicted molar refractivity (Wildman–Crippen MR) is 104 cm³/mol. The van der Waals surface area contributed by atoms with Gasteiger partial charge in [0.2, 0.25) is 0 Å². The molecule has 28 heavy (non-hydrogen) atoms. The van der Waals surface area contributed by atoms with Gasteiger partial charge in [-0.3, -0.25) is 4.79 Å². The number of hydrogen-bond acceptors (Lipinski definition) is 6. The van der Waals surface area contributed by atoms with E-state index in [0.29, 0.717) is 47.5 Å². The van der Waals surface area contributed by atoms with Crippen LogP contribution in [0.15, 0.2) is 30.3 Å². The van der Waals surface area contributed by atoms with Gasteiger partial charge in [-0.05, 0) is 31.5 Å². The molecule has 0 aromatic heterocycles. The summed E-state index contributed by atoms with van der Waals surface area (Å²) in [6.45, 7) is 4.88. The van der Waals surface area contributed by atoms with Crippen LogP contribution in [0.25, 0.3) is 0 Å².